The van der Waals surface area contributed by atoms with Gasteiger partial charge in [0.1, 0.15) is 35.8 Å². The molecule has 0 radical (unpaired) electrons. The van der Waals surface area contributed by atoms with Crippen LogP contribution in [0.5, 0.6) is 5.75 Å². The SMILES string of the molecule is CC[C@H]1C[C@H](C)[C@@]2(NC1=O)O[C@@H](C[C@H](O)[C@@H](C)CCC=CC=C(C)[C@@H]1CC=CC=C[C@H](O)[C@H](C)[C@@H](O)[C@@H](CCC(C)=O)C(=O)N[C@@H](C(C)C)C(=O)N[C@@H](Cc3ccc(C)c(O)c3)C(=O)N3CCCC(N3)C(=O)O1)[C@H](C)C=C2C. The Morgan fingerprint density at radius 3 is 2.40 bits per heavy atom. The fourth-order valence-corrected chi connectivity index (χ4v) is 11.0. The molecule has 2 fully saturated rings. The zero-order valence-electron chi connectivity index (χ0n) is 48.0. The van der Waals surface area contributed by atoms with Crippen LogP contribution in [-0.4, -0.2) is 122 Å². The number of rotatable bonds is 15. The quantitative estimate of drug-likeness (QED) is 0.0520. The number of esters is 1. The van der Waals surface area contributed by atoms with Gasteiger partial charge < -0.3 is 50.6 Å². The van der Waals surface area contributed by atoms with Gasteiger partial charge in [-0.3, -0.25) is 29.0 Å². The van der Waals surface area contributed by atoms with E-state index in [1.165, 1.54) is 24.1 Å². The molecule has 4 heterocycles. The number of ether oxygens (including phenoxy) is 2. The molecule has 432 valence electrons. The number of aliphatic hydroxyl groups is 3. The Kier molecular flexibility index (Phi) is 23.7. The Morgan fingerprint density at radius 1 is 0.987 bits per heavy atom. The Labute approximate surface area is 462 Å². The first-order valence-corrected chi connectivity index (χ1v) is 28.4. The number of aryl methyl sites for hydroxylation is 1. The lowest BCUT2D eigenvalue weighted by Gasteiger charge is -2.51. The van der Waals surface area contributed by atoms with E-state index in [1.807, 2.05) is 45.9 Å². The van der Waals surface area contributed by atoms with Gasteiger partial charge in [0.25, 0.3) is 5.91 Å². The van der Waals surface area contributed by atoms with E-state index in [0.717, 1.165) is 24.0 Å². The number of hydrogen-bond acceptors (Lipinski definition) is 13. The largest absolute Gasteiger partial charge is 0.508 e. The summed E-state index contributed by atoms with van der Waals surface area (Å²) in [5.74, 6) is -5.26. The normalized spacial score (nSPS) is 32.1. The van der Waals surface area contributed by atoms with Gasteiger partial charge in [0.15, 0.2) is 5.72 Å². The van der Waals surface area contributed by atoms with E-state index in [2.05, 4.69) is 41.3 Å². The maximum atomic E-state index is 14.6. The molecule has 1 spiro atoms. The van der Waals surface area contributed by atoms with Gasteiger partial charge >= 0.3 is 5.97 Å². The molecule has 78 heavy (non-hydrogen) atoms. The van der Waals surface area contributed by atoms with Crippen molar-refractivity contribution in [2.75, 3.05) is 6.54 Å². The predicted octanol–water partition coefficient (Wildman–Crippen LogP) is 6.67. The van der Waals surface area contributed by atoms with Crippen molar-refractivity contribution in [3.05, 3.63) is 89.1 Å². The number of allylic oxidation sites excluding steroid dienone is 5. The van der Waals surface area contributed by atoms with Gasteiger partial charge in [-0.05, 0) is 113 Å². The Bertz CT molecular complexity index is 2410. The summed E-state index contributed by atoms with van der Waals surface area (Å²) in [7, 11) is 0. The van der Waals surface area contributed by atoms with E-state index in [-0.39, 0.29) is 79.4 Å². The Hall–Kier alpha value is -5.46. The molecule has 1 aromatic rings. The molecule has 0 aromatic heterocycles. The summed E-state index contributed by atoms with van der Waals surface area (Å²) < 4.78 is 13.0. The van der Waals surface area contributed by atoms with Crippen LogP contribution in [0.1, 0.15) is 145 Å². The van der Waals surface area contributed by atoms with Crippen LogP contribution in [-0.2, 0) is 44.7 Å². The molecule has 0 aliphatic carbocycles. The highest BCUT2D eigenvalue weighted by Gasteiger charge is 2.51. The summed E-state index contributed by atoms with van der Waals surface area (Å²) >= 11 is 0. The number of amides is 4. The van der Waals surface area contributed by atoms with Crippen LogP contribution >= 0.6 is 0 Å². The van der Waals surface area contributed by atoms with Crippen molar-refractivity contribution in [1.82, 2.24) is 26.4 Å². The number of aliphatic hydroxyl groups excluding tert-OH is 3. The number of nitrogens with one attached hydrogen (secondary N) is 4. The summed E-state index contributed by atoms with van der Waals surface area (Å²) in [5.41, 5.74) is 5.07. The second-order valence-corrected chi connectivity index (χ2v) is 23.1. The number of phenolic OH excluding ortho intramolecular Hbond substituents is 1. The highest BCUT2D eigenvalue weighted by molar-refractivity contribution is 5.93. The van der Waals surface area contributed by atoms with E-state index in [4.69, 9.17) is 9.47 Å². The van der Waals surface area contributed by atoms with Gasteiger partial charge in [0.2, 0.25) is 17.7 Å². The van der Waals surface area contributed by atoms with E-state index < -0.39 is 89.7 Å². The fourth-order valence-electron chi connectivity index (χ4n) is 11.0. The number of phenols is 1. The van der Waals surface area contributed by atoms with Gasteiger partial charge in [-0.2, -0.15) is 0 Å². The molecule has 8 N–H and O–H groups in total. The highest BCUT2D eigenvalue weighted by Crippen LogP contribution is 2.43. The number of ketones is 1. The minimum absolute atomic E-state index is 0.00485. The molecule has 4 aliphatic heterocycles. The number of fused-ring (bicyclic) bond motifs is 2. The summed E-state index contributed by atoms with van der Waals surface area (Å²) in [6.45, 7) is 20.5. The standard InChI is InChI=1S/C61H91N5O12/c1-12-45-31-41(9)61(64-56(45)72)40(8)30-39(7)53(78-61)34-51(70)36(4)20-15-13-16-21-38(6)52-24-18-14-17-23-49(68)43(11)55(71)46(28-26-42(10)67)57(73)63-54(35(2)3)58(74)62-48(32-44-27-25-37(5)50(69)33-44)59(75)66-29-19-22-47(65-66)60(76)77-52/h13-14,16-18,21,23,25,27,30,33,35-36,39,41,43,45-49,51-55,65,68-71H,12,15,19-20,22,24,26,28-29,31-32,34H2,1-11H3,(H,62,74)(H,63,73)(H,64,72)/t36-,39+,41-,43-,45-,46+,47?,48-,49-,51-,52-,53-,54-,55+,61-/m0/s1. The average Bonchev–Trinajstić information content (AvgIpc) is 3.48. The van der Waals surface area contributed by atoms with Gasteiger partial charge in [0, 0.05) is 55.9 Å². The van der Waals surface area contributed by atoms with Crippen LogP contribution in [0.4, 0.5) is 0 Å². The van der Waals surface area contributed by atoms with Crippen LogP contribution in [0.3, 0.4) is 0 Å². The third-order valence-electron chi connectivity index (χ3n) is 16.6. The summed E-state index contributed by atoms with van der Waals surface area (Å²) in [5, 5.41) is 55.1. The number of cyclic esters (lactones) is 1. The molecule has 0 saturated carbocycles. The Morgan fingerprint density at radius 2 is 1.72 bits per heavy atom. The number of nitrogens with zero attached hydrogens (tertiary/aromatic N) is 1. The minimum atomic E-state index is -1.43. The van der Waals surface area contributed by atoms with Crippen molar-refractivity contribution in [2.24, 2.45) is 41.4 Å². The first-order valence-electron chi connectivity index (χ1n) is 28.4. The van der Waals surface area contributed by atoms with Crippen molar-refractivity contribution in [3.8, 4) is 5.75 Å². The van der Waals surface area contributed by atoms with Gasteiger partial charge in [-0.1, -0.05) is 109 Å². The fraction of sp³-hybridized carbons (Fsp3) is 0.639. The second kappa shape index (κ2) is 29.1. The van der Waals surface area contributed by atoms with Crippen LogP contribution in [0.2, 0.25) is 0 Å². The summed E-state index contributed by atoms with van der Waals surface area (Å²) in [6, 6.07) is 1.61. The van der Waals surface area contributed by atoms with E-state index >= 15 is 0 Å². The molecule has 2 bridgehead atoms. The number of benzene rings is 1. The third-order valence-corrected chi connectivity index (χ3v) is 16.6. The van der Waals surface area contributed by atoms with Crippen LogP contribution in [0.25, 0.3) is 0 Å². The number of hydrogen-bond donors (Lipinski definition) is 8. The second-order valence-electron chi connectivity index (χ2n) is 23.1. The summed E-state index contributed by atoms with van der Waals surface area (Å²) in [6.07, 6.45) is 14.4. The van der Waals surface area contributed by atoms with Crippen LogP contribution < -0.4 is 21.4 Å². The Balaban J connectivity index is 1.35. The van der Waals surface area contributed by atoms with Crippen molar-refractivity contribution < 1.29 is 58.7 Å². The zero-order chi connectivity index (χ0) is 57.6. The molecule has 15 atom stereocenters. The molecule has 1 aromatic carbocycles. The lowest BCUT2D eigenvalue weighted by Crippen LogP contribution is -2.64. The number of carbonyl (C=O) groups excluding carboxylic acids is 6. The third kappa shape index (κ3) is 16.8. The molecule has 2 saturated heterocycles. The highest BCUT2D eigenvalue weighted by atomic mass is 16.5. The smallest absolute Gasteiger partial charge is 0.325 e. The number of piperidine rings is 1. The zero-order valence-corrected chi connectivity index (χ0v) is 48.0. The molecule has 4 aliphatic rings. The number of carbonyl (C=O) groups is 6. The van der Waals surface area contributed by atoms with E-state index in [9.17, 15) is 49.2 Å². The van der Waals surface area contributed by atoms with Crippen LogP contribution in [0.15, 0.2) is 78.0 Å². The molecule has 4 amide bonds. The number of Topliss-reactive ketones (excluding diaryl/α,β-unsaturated/α-hetero) is 1. The maximum Gasteiger partial charge on any atom is 0.325 e. The number of aromatic hydroxyl groups is 1. The lowest BCUT2D eigenvalue weighted by molar-refractivity contribution is -0.179. The van der Waals surface area contributed by atoms with Crippen molar-refractivity contribution in [3.63, 3.8) is 0 Å². The number of hydrazine groups is 1. The van der Waals surface area contributed by atoms with Crippen molar-refractivity contribution in [2.45, 2.75) is 201 Å². The van der Waals surface area contributed by atoms with Crippen molar-refractivity contribution >= 4 is 35.4 Å². The minimum Gasteiger partial charge on any atom is -0.508 e. The maximum absolute atomic E-state index is 14.6. The summed E-state index contributed by atoms with van der Waals surface area (Å²) in [4.78, 5) is 82.3. The lowest BCUT2D eigenvalue weighted by atomic mass is 9.75. The predicted molar refractivity (Wildman–Crippen MR) is 299 cm³/mol. The van der Waals surface area contributed by atoms with Gasteiger partial charge in [-0.15, -0.1) is 0 Å². The molecule has 1 unspecified atom stereocenters. The first-order chi connectivity index (χ1) is 36.9. The molecule has 5 rings (SSSR count). The van der Waals surface area contributed by atoms with Crippen molar-refractivity contribution in [1.29, 1.82) is 0 Å². The monoisotopic (exact) mass is 1090 g/mol. The van der Waals surface area contributed by atoms with Gasteiger partial charge in [0.05, 0.1) is 30.3 Å². The first kappa shape index (κ1) is 63.4. The molecular formula is C61H91N5O12. The topological polar surface area (TPSA) is 253 Å². The van der Waals surface area contributed by atoms with E-state index in [0.29, 0.717) is 43.2 Å². The molecule has 17 nitrogen and oxygen atoms in total. The van der Waals surface area contributed by atoms with E-state index in [1.54, 1.807) is 58.1 Å². The molecular weight excluding hydrogens is 995 g/mol. The van der Waals surface area contributed by atoms with Crippen LogP contribution in [0, 0.1) is 48.3 Å². The average molecular weight is 1090 g/mol. The molecule has 17 heteroatoms. The van der Waals surface area contributed by atoms with Gasteiger partial charge in [-0.25, -0.2) is 5.43 Å².